The van der Waals surface area contributed by atoms with Gasteiger partial charge in [0.2, 0.25) is 11.8 Å². The Morgan fingerprint density at radius 3 is 2.73 bits per heavy atom. The van der Waals surface area contributed by atoms with Crippen LogP contribution in [-0.4, -0.2) is 29.9 Å². The van der Waals surface area contributed by atoms with Gasteiger partial charge in [-0.25, -0.2) is 4.98 Å². The van der Waals surface area contributed by atoms with Crippen molar-refractivity contribution in [2.24, 2.45) is 11.8 Å². The monoisotopic (exact) mass is 305 g/mol. The van der Waals surface area contributed by atoms with Crippen LogP contribution in [0.2, 0.25) is 0 Å². The average molecular weight is 305 g/mol. The normalized spacial score (nSPS) is 13.8. The van der Waals surface area contributed by atoms with E-state index in [0.717, 1.165) is 19.3 Å². The van der Waals surface area contributed by atoms with Crippen LogP contribution in [-0.2, 0) is 9.59 Å². The fourth-order valence-corrected chi connectivity index (χ4v) is 1.82. The third-order valence-electron chi connectivity index (χ3n) is 3.35. The highest BCUT2D eigenvalue weighted by Gasteiger charge is 2.29. The van der Waals surface area contributed by atoms with Crippen LogP contribution in [0, 0.1) is 11.8 Å². The highest BCUT2D eigenvalue weighted by Crippen LogP contribution is 2.30. The Morgan fingerprint density at radius 2 is 2.14 bits per heavy atom. The standard InChI is InChI=1S/C16H23N3O3/c1-11(2)7-8-17-14(20)10-22-15-6-5-13(9-18-15)19-16(21)12-3-4-12/h5-6,9,11-12H,3-4,7-8,10H2,1-2H3,(H,17,20)(H,19,21). The van der Waals surface area contributed by atoms with Crippen molar-refractivity contribution in [3.8, 4) is 5.88 Å². The zero-order chi connectivity index (χ0) is 15.9. The minimum absolute atomic E-state index is 0.0417. The van der Waals surface area contributed by atoms with Gasteiger partial charge < -0.3 is 15.4 Å². The van der Waals surface area contributed by atoms with Gasteiger partial charge in [-0.1, -0.05) is 13.8 Å². The number of nitrogens with one attached hydrogen (secondary N) is 2. The molecule has 0 aliphatic heterocycles. The van der Waals surface area contributed by atoms with Crippen molar-refractivity contribution in [2.75, 3.05) is 18.5 Å². The number of rotatable bonds is 8. The van der Waals surface area contributed by atoms with Gasteiger partial charge in [-0.3, -0.25) is 9.59 Å². The van der Waals surface area contributed by atoms with E-state index in [2.05, 4.69) is 29.5 Å². The number of amides is 2. The molecule has 1 heterocycles. The maximum atomic E-state index is 11.6. The van der Waals surface area contributed by atoms with Crippen LogP contribution in [0.3, 0.4) is 0 Å². The second-order valence-electron chi connectivity index (χ2n) is 5.97. The SMILES string of the molecule is CC(C)CCNC(=O)COc1ccc(NC(=O)C2CC2)cn1. The molecular formula is C16H23N3O3. The Balaban J connectivity index is 1.69. The van der Waals surface area contributed by atoms with Crippen molar-refractivity contribution in [2.45, 2.75) is 33.1 Å². The van der Waals surface area contributed by atoms with Crippen molar-refractivity contribution in [3.63, 3.8) is 0 Å². The van der Waals surface area contributed by atoms with E-state index in [0.29, 0.717) is 24.0 Å². The first kappa shape index (κ1) is 16.3. The van der Waals surface area contributed by atoms with Gasteiger partial charge in [0, 0.05) is 18.5 Å². The number of ether oxygens (including phenoxy) is 1. The second kappa shape index (κ2) is 7.77. The van der Waals surface area contributed by atoms with Gasteiger partial charge in [0.1, 0.15) is 0 Å². The third kappa shape index (κ3) is 5.71. The minimum Gasteiger partial charge on any atom is -0.468 e. The molecule has 0 bridgehead atoms. The molecule has 120 valence electrons. The van der Waals surface area contributed by atoms with E-state index in [-0.39, 0.29) is 24.3 Å². The van der Waals surface area contributed by atoms with E-state index in [1.54, 1.807) is 12.1 Å². The van der Waals surface area contributed by atoms with Crippen molar-refractivity contribution in [3.05, 3.63) is 18.3 Å². The maximum Gasteiger partial charge on any atom is 0.258 e. The number of hydrogen-bond acceptors (Lipinski definition) is 4. The van der Waals surface area contributed by atoms with Crippen molar-refractivity contribution < 1.29 is 14.3 Å². The Hall–Kier alpha value is -2.11. The van der Waals surface area contributed by atoms with E-state index in [4.69, 9.17) is 4.74 Å². The summed E-state index contributed by atoms with van der Waals surface area (Å²) in [4.78, 5) is 27.2. The topological polar surface area (TPSA) is 80.3 Å². The molecule has 2 N–H and O–H groups in total. The lowest BCUT2D eigenvalue weighted by molar-refractivity contribution is -0.123. The molecule has 0 spiro atoms. The number of pyridine rings is 1. The Morgan fingerprint density at radius 1 is 1.36 bits per heavy atom. The van der Waals surface area contributed by atoms with Gasteiger partial charge >= 0.3 is 0 Å². The molecule has 0 atom stereocenters. The number of carbonyl (C=O) groups is 2. The first-order chi connectivity index (χ1) is 10.5. The Kier molecular flexibility index (Phi) is 5.75. The molecule has 6 nitrogen and oxygen atoms in total. The van der Waals surface area contributed by atoms with Gasteiger partial charge in [0.25, 0.3) is 5.91 Å². The van der Waals surface area contributed by atoms with E-state index < -0.39 is 0 Å². The highest BCUT2D eigenvalue weighted by molar-refractivity contribution is 5.93. The summed E-state index contributed by atoms with van der Waals surface area (Å²) in [5.41, 5.74) is 0.644. The lowest BCUT2D eigenvalue weighted by Gasteiger charge is -2.09. The molecule has 22 heavy (non-hydrogen) atoms. The predicted octanol–water partition coefficient (Wildman–Crippen LogP) is 1.97. The summed E-state index contributed by atoms with van der Waals surface area (Å²) in [5, 5.41) is 5.59. The summed E-state index contributed by atoms with van der Waals surface area (Å²) in [6, 6.07) is 3.36. The molecule has 0 unspecified atom stereocenters. The maximum absolute atomic E-state index is 11.6. The lowest BCUT2D eigenvalue weighted by atomic mass is 10.1. The molecule has 0 saturated heterocycles. The van der Waals surface area contributed by atoms with Crippen molar-refractivity contribution >= 4 is 17.5 Å². The fraction of sp³-hybridized carbons (Fsp3) is 0.562. The van der Waals surface area contributed by atoms with Crippen LogP contribution in [0.15, 0.2) is 18.3 Å². The van der Waals surface area contributed by atoms with Crippen LogP contribution < -0.4 is 15.4 Å². The lowest BCUT2D eigenvalue weighted by Crippen LogP contribution is -2.30. The summed E-state index contributed by atoms with van der Waals surface area (Å²) in [7, 11) is 0. The molecule has 1 aliphatic carbocycles. The van der Waals surface area contributed by atoms with E-state index >= 15 is 0 Å². The molecule has 6 heteroatoms. The number of anilines is 1. The van der Waals surface area contributed by atoms with Crippen LogP contribution >= 0.6 is 0 Å². The van der Waals surface area contributed by atoms with E-state index in [9.17, 15) is 9.59 Å². The first-order valence-corrected chi connectivity index (χ1v) is 7.71. The van der Waals surface area contributed by atoms with Gasteiger partial charge in [0.05, 0.1) is 11.9 Å². The zero-order valence-corrected chi connectivity index (χ0v) is 13.1. The Labute approximate surface area is 130 Å². The number of aromatic nitrogens is 1. The van der Waals surface area contributed by atoms with Crippen molar-refractivity contribution in [1.82, 2.24) is 10.3 Å². The summed E-state index contributed by atoms with van der Waals surface area (Å²) in [5.74, 6) is 0.962. The molecule has 1 saturated carbocycles. The second-order valence-corrected chi connectivity index (χ2v) is 5.97. The van der Waals surface area contributed by atoms with Crippen LogP contribution in [0.4, 0.5) is 5.69 Å². The van der Waals surface area contributed by atoms with E-state index in [1.165, 1.54) is 6.20 Å². The highest BCUT2D eigenvalue weighted by atomic mass is 16.5. The molecule has 2 rings (SSSR count). The average Bonchev–Trinajstić information content (AvgIpc) is 3.31. The molecule has 1 aromatic heterocycles. The van der Waals surface area contributed by atoms with E-state index in [1.807, 2.05) is 0 Å². The molecule has 1 aliphatic rings. The van der Waals surface area contributed by atoms with Crippen molar-refractivity contribution in [1.29, 1.82) is 0 Å². The molecule has 2 amide bonds. The number of nitrogens with zero attached hydrogens (tertiary/aromatic N) is 1. The van der Waals surface area contributed by atoms with Gasteiger partial charge in [-0.15, -0.1) is 0 Å². The van der Waals surface area contributed by atoms with Gasteiger partial charge in [-0.2, -0.15) is 0 Å². The summed E-state index contributed by atoms with van der Waals surface area (Å²) in [6.07, 6.45) is 4.41. The first-order valence-electron chi connectivity index (χ1n) is 7.71. The smallest absolute Gasteiger partial charge is 0.258 e. The zero-order valence-electron chi connectivity index (χ0n) is 13.1. The quantitative estimate of drug-likeness (QED) is 0.769. The molecule has 0 aromatic carbocycles. The fourth-order valence-electron chi connectivity index (χ4n) is 1.82. The predicted molar refractivity (Wildman–Crippen MR) is 83.6 cm³/mol. The number of carbonyl (C=O) groups excluding carboxylic acids is 2. The van der Waals surface area contributed by atoms with Gasteiger partial charge in [0.15, 0.2) is 6.61 Å². The summed E-state index contributed by atoms with van der Waals surface area (Å²) in [6.45, 7) is 4.81. The van der Waals surface area contributed by atoms with Crippen LogP contribution in [0.25, 0.3) is 0 Å². The molecule has 1 aromatic rings. The third-order valence-corrected chi connectivity index (χ3v) is 3.35. The largest absolute Gasteiger partial charge is 0.468 e. The van der Waals surface area contributed by atoms with Gasteiger partial charge in [-0.05, 0) is 31.2 Å². The van der Waals surface area contributed by atoms with Crippen LogP contribution in [0.5, 0.6) is 5.88 Å². The minimum atomic E-state index is -0.159. The number of hydrogen-bond donors (Lipinski definition) is 2. The molecule has 1 fully saturated rings. The molecular weight excluding hydrogens is 282 g/mol. The summed E-state index contributed by atoms with van der Waals surface area (Å²) < 4.78 is 5.31. The van der Waals surface area contributed by atoms with Crippen LogP contribution in [0.1, 0.15) is 33.1 Å². The molecule has 0 radical (unpaired) electrons. The Bertz CT molecular complexity index is 510. The summed E-state index contributed by atoms with van der Waals surface area (Å²) >= 11 is 0.